The van der Waals surface area contributed by atoms with Crippen LogP contribution in [0.15, 0.2) is 24.0 Å². The van der Waals surface area contributed by atoms with Gasteiger partial charge in [-0.2, -0.15) is 0 Å². The van der Waals surface area contributed by atoms with E-state index in [9.17, 15) is 0 Å². The van der Waals surface area contributed by atoms with Crippen LogP contribution in [-0.2, 0) is 4.74 Å². The maximum absolute atomic E-state index is 5.76. The summed E-state index contributed by atoms with van der Waals surface area (Å²) in [5.74, 6) is 1.11. The molecule has 0 aromatic carbocycles. The van der Waals surface area contributed by atoms with Gasteiger partial charge in [-0.25, -0.2) is 0 Å². The third-order valence-corrected chi connectivity index (χ3v) is 3.77. The smallest absolute Gasteiger partial charge is 0.114 e. The number of aryl methyl sites for hydroxylation is 1. The van der Waals surface area contributed by atoms with E-state index in [-0.39, 0.29) is 6.04 Å². The van der Waals surface area contributed by atoms with E-state index < -0.39 is 0 Å². The van der Waals surface area contributed by atoms with Crippen LogP contribution in [0.2, 0.25) is 0 Å². The molecule has 1 aliphatic rings. The molecule has 0 fully saturated rings. The molecule has 1 N–H and O–H groups in total. The fourth-order valence-corrected chi connectivity index (χ4v) is 2.89. The molecule has 1 aromatic rings. The van der Waals surface area contributed by atoms with Crippen molar-refractivity contribution in [2.75, 3.05) is 13.2 Å². The molecule has 2 rings (SSSR count). The number of ether oxygens (including phenoxy) is 1. The molecule has 16 heavy (non-hydrogen) atoms. The second kappa shape index (κ2) is 5.51. The van der Waals surface area contributed by atoms with Gasteiger partial charge in [0.1, 0.15) is 5.76 Å². The second-order valence-corrected chi connectivity index (χ2v) is 5.36. The summed E-state index contributed by atoms with van der Waals surface area (Å²) >= 11 is 1.85. The molecule has 0 saturated carbocycles. The summed E-state index contributed by atoms with van der Waals surface area (Å²) in [4.78, 5) is 2.71. The van der Waals surface area contributed by atoms with Crippen LogP contribution >= 0.6 is 11.3 Å². The molecule has 0 amide bonds. The SMILES string of the molecule is CCNC(C1=CCCCO1)c1ccc(C)s1. The first-order valence-corrected chi connectivity index (χ1v) is 6.75. The third kappa shape index (κ3) is 2.66. The van der Waals surface area contributed by atoms with E-state index in [1.54, 1.807) is 0 Å². The molecule has 0 saturated heterocycles. The van der Waals surface area contributed by atoms with Crippen molar-refractivity contribution in [1.29, 1.82) is 0 Å². The molecule has 1 aliphatic heterocycles. The molecule has 1 unspecified atom stereocenters. The van der Waals surface area contributed by atoms with Crippen LogP contribution < -0.4 is 5.32 Å². The minimum atomic E-state index is 0.254. The van der Waals surface area contributed by atoms with E-state index >= 15 is 0 Å². The molecule has 3 heteroatoms. The van der Waals surface area contributed by atoms with Crippen LogP contribution in [-0.4, -0.2) is 13.2 Å². The lowest BCUT2D eigenvalue weighted by atomic mass is 10.1. The summed E-state index contributed by atoms with van der Waals surface area (Å²) in [7, 11) is 0. The highest BCUT2D eigenvalue weighted by molar-refractivity contribution is 7.12. The fourth-order valence-electron chi connectivity index (χ4n) is 1.93. The largest absolute Gasteiger partial charge is 0.496 e. The lowest BCUT2D eigenvalue weighted by Gasteiger charge is -2.23. The van der Waals surface area contributed by atoms with Gasteiger partial charge in [-0.15, -0.1) is 11.3 Å². The van der Waals surface area contributed by atoms with Crippen LogP contribution in [0.5, 0.6) is 0 Å². The average molecular weight is 237 g/mol. The number of hydrogen-bond donors (Lipinski definition) is 1. The quantitative estimate of drug-likeness (QED) is 0.866. The van der Waals surface area contributed by atoms with Gasteiger partial charge in [0.15, 0.2) is 0 Å². The first-order valence-electron chi connectivity index (χ1n) is 5.94. The number of nitrogens with one attached hydrogen (secondary N) is 1. The van der Waals surface area contributed by atoms with E-state index in [1.165, 1.54) is 9.75 Å². The van der Waals surface area contributed by atoms with Crippen molar-refractivity contribution in [3.63, 3.8) is 0 Å². The first kappa shape index (κ1) is 11.7. The number of likely N-dealkylation sites (N-methyl/N-ethyl adjacent to an activating group) is 1. The predicted molar refractivity (Wildman–Crippen MR) is 68.7 cm³/mol. The Morgan fingerprint density at radius 3 is 2.94 bits per heavy atom. The van der Waals surface area contributed by atoms with Gasteiger partial charge in [-0.1, -0.05) is 6.92 Å². The van der Waals surface area contributed by atoms with Crippen LogP contribution in [0.25, 0.3) is 0 Å². The highest BCUT2D eigenvalue weighted by atomic mass is 32.1. The summed E-state index contributed by atoms with van der Waals surface area (Å²) in [5.41, 5.74) is 0. The lowest BCUT2D eigenvalue weighted by Crippen LogP contribution is -2.24. The van der Waals surface area contributed by atoms with E-state index in [4.69, 9.17) is 4.74 Å². The number of rotatable bonds is 4. The number of hydrogen-bond acceptors (Lipinski definition) is 3. The van der Waals surface area contributed by atoms with Gasteiger partial charge in [0, 0.05) is 9.75 Å². The van der Waals surface area contributed by atoms with Crippen molar-refractivity contribution in [1.82, 2.24) is 5.32 Å². The maximum Gasteiger partial charge on any atom is 0.114 e. The normalized spacial score (nSPS) is 17.8. The van der Waals surface area contributed by atoms with E-state index in [2.05, 4.69) is 37.4 Å². The summed E-state index contributed by atoms with van der Waals surface area (Å²) in [5, 5.41) is 3.50. The summed E-state index contributed by atoms with van der Waals surface area (Å²) in [6, 6.07) is 4.63. The van der Waals surface area contributed by atoms with Gasteiger partial charge in [0.05, 0.1) is 12.6 Å². The standard InChI is InChI=1S/C13H19NOS/c1-3-14-13(11-6-4-5-9-15-11)12-8-7-10(2)16-12/h6-8,13-14H,3-5,9H2,1-2H3. The van der Waals surface area contributed by atoms with Gasteiger partial charge in [0.25, 0.3) is 0 Å². The highest BCUT2D eigenvalue weighted by Crippen LogP contribution is 2.30. The van der Waals surface area contributed by atoms with Gasteiger partial charge in [-0.3, -0.25) is 0 Å². The fraction of sp³-hybridized carbons (Fsp3) is 0.538. The topological polar surface area (TPSA) is 21.3 Å². The minimum Gasteiger partial charge on any atom is -0.496 e. The Kier molecular flexibility index (Phi) is 4.02. The van der Waals surface area contributed by atoms with E-state index in [0.717, 1.165) is 31.8 Å². The monoisotopic (exact) mass is 237 g/mol. The van der Waals surface area contributed by atoms with Crippen LogP contribution in [0.4, 0.5) is 0 Å². The van der Waals surface area contributed by atoms with Gasteiger partial charge >= 0.3 is 0 Å². The van der Waals surface area contributed by atoms with Crippen molar-refractivity contribution in [3.8, 4) is 0 Å². The zero-order valence-electron chi connectivity index (χ0n) is 9.95. The van der Waals surface area contributed by atoms with E-state index in [0.29, 0.717) is 0 Å². The van der Waals surface area contributed by atoms with Crippen molar-refractivity contribution >= 4 is 11.3 Å². The molecule has 0 spiro atoms. The Morgan fingerprint density at radius 1 is 1.50 bits per heavy atom. The molecular formula is C13H19NOS. The lowest BCUT2D eigenvalue weighted by molar-refractivity contribution is 0.169. The van der Waals surface area contributed by atoms with Crippen LogP contribution in [0.3, 0.4) is 0 Å². The molecule has 1 aromatic heterocycles. The molecule has 0 radical (unpaired) electrons. The zero-order valence-corrected chi connectivity index (χ0v) is 10.8. The Hall–Kier alpha value is -0.800. The van der Waals surface area contributed by atoms with Crippen molar-refractivity contribution in [3.05, 3.63) is 33.7 Å². The Labute approximate surface area is 101 Å². The van der Waals surface area contributed by atoms with Crippen LogP contribution in [0, 0.1) is 6.92 Å². The molecular weight excluding hydrogens is 218 g/mol. The number of thiophene rings is 1. The minimum absolute atomic E-state index is 0.254. The Bertz CT molecular complexity index is 370. The molecule has 0 aliphatic carbocycles. The second-order valence-electron chi connectivity index (χ2n) is 4.04. The van der Waals surface area contributed by atoms with Gasteiger partial charge in [0.2, 0.25) is 0 Å². The summed E-state index contributed by atoms with van der Waals surface area (Å²) < 4.78 is 5.76. The van der Waals surface area contributed by atoms with Crippen molar-refractivity contribution in [2.24, 2.45) is 0 Å². The van der Waals surface area contributed by atoms with Gasteiger partial charge < -0.3 is 10.1 Å². The Morgan fingerprint density at radius 2 is 2.38 bits per heavy atom. The third-order valence-electron chi connectivity index (χ3n) is 2.70. The van der Waals surface area contributed by atoms with Crippen molar-refractivity contribution < 1.29 is 4.74 Å². The van der Waals surface area contributed by atoms with E-state index in [1.807, 2.05) is 11.3 Å². The molecule has 0 bridgehead atoms. The van der Waals surface area contributed by atoms with Crippen molar-refractivity contribution in [2.45, 2.75) is 32.7 Å². The molecule has 2 heterocycles. The molecule has 2 nitrogen and oxygen atoms in total. The predicted octanol–water partition coefficient (Wildman–Crippen LogP) is 3.40. The molecule has 88 valence electrons. The number of allylic oxidation sites excluding steroid dienone is 1. The van der Waals surface area contributed by atoms with Crippen LogP contribution in [0.1, 0.15) is 35.6 Å². The Balaban J connectivity index is 2.19. The van der Waals surface area contributed by atoms with Gasteiger partial charge in [-0.05, 0) is 44.5 Å². The molecule has 1 atom stereocenters. The average Bonchev–Trinajstić information content (AvgIpc) is 2.74. The zero-order chi connectivity index (χ0) is 11.4. The highest BCUT2D eigenvalue weighted by Gasteiger charge is 2.20. The summed E-state index contributed by atoms with van der Waals surface area (Å²) in [6.07, 6.45) is 4.51. The summed E-state index contributed by atoms with van der Waals surface area (Å²) in [6.45, 7) is 6.10. The maximum atomic E-state index is 5.76. The first-order chi connectivity index (χ1) is 7.81.